The third kappa shape index (κ3) is 3.19. The normalized spacial score (nSPS) is 10.9. The number of nitrogens with one attached hydrogen (secondary N) is 1. The molecule has 5 nitrogen and oxygen atoms in total. The summed E-state index contributed by atoms with van der Waals surface area (Å²) in [6.07, 6.45) is 1.67. The number of anilines is 1. The third-order valence-corrected chi connectivity index (χ3v) is 4.73. The molecule has 0 spiro atoms. The van der Waals surface area contributed by atoms with Crippen LogP contribution in [0.15, 0.2) is 60.8 Å². The molecule has 0 unspecified atom stereocenters. The number of pyridine rings is 1. The molecule has 0 radical (unpaired) electrons. The zero-order chi connectivity index (χ0) is 19.0. The second kappa shape index (κ2) is 6.68. The molecule has 0 aliphatic heterocycles. The molecule has 4 aromatic rings. The van der Waals surface area contributed by atoms with Crippen LogP contribution in [0.3, 0.4) is 0 Å². The molecule has 4 rings (SSSR count). The van der Waals surface area contributed by atoms with Gasteiger partial charge < -0.3 is 5.32 Å². The van der Waals surface area contributed by atoms with E-state index in [9.17, 15) is 4.79 Å². The first-order valence-corrected chi connectivity index (χ1v) is 8.82. The van der Waals surface area contributed by atoms with Crippen molar-refractivity contribution in [3.8, 4) is 5.69 Å². The summed E-state index contributed by atoms with van der Waals surface area (Å²) in [4.78, 5) is 17.1. The number of hydrogen-bond acceptors (Lipinski definition) is 3. The molecule has 134 valence electrons. The van der Waals surface area contributed by atoms with Crippen LogP contribution >= 0.6 is 0 Å². The molecule has 2 aromatic heterocycles. The van der Waals surface area contributed by atoms with Gasteiger partial charge in [0.2, 0.25) is 0 Å². The highest BCUT2D eigenvalue weighted by Crippen LogP contribution is 2.23. The van der Waals surface area contributed by atoms with Crippen molar-refractivity contribution in [1.82, 2.24) is 14.8 Å². The number of aromatic nitrogens is 3. The predicted octanol–water partition coefficient (Wildman–Crippen LogP) is 4.60. The Morgan fingerprint density at radius 1 is 0.963 bits per heavy atom. The Hall–Kier alpha value is -3.47. The molecule has 27 heavy (non-hydrogen) atoms. The Balaban J connectivity index is 1.67. The molecule has 0 saturated heterocycles. The minimum absolute atomic E-state index is 0.146. The van der Waals surface area contributed by atoms with Gasteiger partial charge in [-0.3, -0.25) is 4.79 Å². The van der Waals surface area contributed by atoms with E-state index < -0.39 is 0 Å². The second-order valence-electron chi connectivity index (χ2n) is 6.68. The highest BCUT2D eigenvalue weighted by molar-refractivity contribution is 6.05. The number of nitrogens with zero attached hydrogens (tertiary/aromatic N) is 3. The SMILES string of the molecule is Cc1ccc(C(=O)Nc2cnc3c(c2)c(C)nn3-c2ccccc2)cc1C. The molecular weight excluding hydrogens is 336 g/mol. The summed E-state index contributed by atoms with van der Waals surface area (Å²) in [5.74, 6) is -0.146. The maximum absolute atomic E-state index is 12.6. The van der Waals surface area contributed by atoms with Gasteiger partial charge in [-0.2, -0.15) is 5.10 Å². The number of benzene rings is 2. The van der Waals surface area contributed by atoms with Gasteiger partial charge in [-0.15, -0.1) is 0 Å². The van der Waals surface area contributed by atoms with Crippen molar-refractivity contribution < 1.29 is 4.79 Å². The van der Waals surface area contributed by atoms with Gasteiger partial charge in [0.15, 0.2) is 5.65 Å². The van der Waals surface area contributed by atoms with Gasteiger partial charge in [-0.1, -0.05) is 24.3 Å². The fraction of sp³-hybridized carbons (Fsp3) is 0.136. The van der Waals surface area contributed by atoms with Crippen LogP contribution in [0.5, 0.6) is 0 Å². The fourth-order valence-electron chi connectivity index (χ4n) is 3.05. The zero-order valence-electron chi connectivity index (χ0n) is 15.5. The molecule has 0 saturated carbocycles. The number of amides is 1. The second-order valence-corrected chi connectivity index (χ2v) is 6.68. The summed E-state index contributed by atoms with van der Waals surface area (Å²) in [6.45, 7) is 5.97. The monoisotopic (exact) mass is 356 g/mol. The van der Waals surface area contributed by atoms with Crippen molar-refractivity contribution in [2.75, 3.05) is 5.32 Å². The zero-order valence-corrected chi connectivity index (χ0v) is 15.5. The molecule has 0 bridgehead atoms. The van der Waals surface area contributed by atoms with Crippen LogP contribution in [-0.2, 0) is 0 Å². The molecule has 0 aliphatic carbocycles. The smallest absolute Gasteiger partial charge is 0.255 e. The Morgan fingerprint density at radius 3 is 2.48 bits per heavy atom. The lowest BCUT2D eigenvalue weighted by molar-refractivity contribution is 0.102. The van der Waals surface area contributed by atoms with Gasteiger partial charge in [-0.05, 0) is 62.2 Å². The Bertz CT molecular complexity index is 1150. The van der Waals surface area contributed by atoms with Crippen molar-refractivity contribution >= 4 is 22.6 Å². The number of hydrogen-bond donors (Lipinski definition) is 1. The van der Waals surface area contributed by atoms with Crippen LogP contribution in [0.4, 0.5) is 5.69 Å². The lowest BCUT2D eigenvalue weighted by atomic mass is 10.1. The largest absolute Gasteiger partial charge is 0.321 e. The standard InChI is InChI=1S/C22H20N4O/c1-14-9-10-17(11-15(14)2)22(27)24-18-12-20-16(3)25-26(21(20)23-13-18)19-7-5-4-6-8-19/h4-13H,1-3H3,(H,24,27). The summed E-state index contributed by atoms with van der Waals surface area (Å²) >= 11 is 0. The van der Waals surface area contributed by atoms with Crippen molar-refractivity contribution in [1.29, 1.82) is 0 Å². The van der Waals surface area contributed by atoms with Crippen LogP contribution < -0.4 is 5.32 Å². The third-order valence-electron chi connectivity index (χ3n) is 4.73. The molecule has 0 fully saturated rings. The minimum Gasteiger partial charge on any atom is -0.321 e. The summed E-state index contributed by atoms with van der Waals surface area (Å²) < 4.78 is 1.82. The first kappa shape index (κ1) is 17.0. The lowest BCUT2D eigenvalue weighted by Crippen LogP contribution is -2.12. The molecule has 0 aliphatic rings. The Morgan fingerprint density at radius 2 is 1.74 bits per heavy atom. The van der Waals surface area contributed by atoms with Gasteiger partial charge in [0.1, 0.15) is 0 Å². The molecule has 2 heterocycles. The summed E-state index contributed by atoms with van der Waals surface area (Å²) in [6, 6.07) is 17.5. The van der Waals surface area contributed by atoms with Crippen molar-refractivity contribution in [3.63, 3.8) is 0 Å². The highest BCUT2D eigenvalue weighted by Gasteiger charge is 2.13. The number of carbonyl (C=O) groups excluding carboxylic acids is 1. The maximum atomic E-state index is 12.6. The number of rotatable bonds is 3. The highest BCUT2D eigenvalue weighted by atomic mass is 16.1. The predicted molar refractivity (Wildman–Crippen MR) is 107 cm³/mol. The number of para-hydroxylation sites is 1. The minimum atomic E-state index is -0.146. The maximum Gasteiger partial charge on any atom is 0.255 e. The van der Waals surface area contributed by atoms with Crippen molar-refractivity contribution in [2.45, 2.75) is 20.8 Å². The summed E-state index contributed by atoms with van der Waals surface area (Å²) in [5.41, 5.74) is 6.13. The van der Waals surface area contributed by atoms with Crippen LogP contribution in [-0.4, -0.2) is 20.7 Å². The van der Waals surface area contributed by atoms with E-state index in [2.05, 4.69) is 15.4 Å². The van der Waals surface area contributed by atoms with E-state index in [0.717, 1.165) is 28.0 Å². The first-order chi connectivity index (χ1) is 13.0. The van der Waals surface area contributed by atoms with Crippen LogP contribution in [0.1, 0.15) is 27.2 Å². The molecule has 5 heteroatoms. The molecule has 0 atom stereocenters. The van der Waals surface area contributed by atoms with E-state index in [1.54, 1.807) is 6.20 Å². The molecule has 2 aromatic carbocycles. The number of aryl methyl sites for hydroxylation is 3. The first-order valence-electron chi connectivity index (χ1n) is 8.82. The van der Waals surface area contributed by atoms with E-state index in [1.807, 2.05) is 80.1 Å². The molecule has 1 N–H and O–H groups in total. The Labute approximate surface area is 157 Å². The quantitative estimate of drug-likeness (QED) is 0.584. The van der Waals surface area contributed by atoms with Gasteiger partial charge in [0.05, 0.1) is 23.3 Å². The van der Waals surface area contributed by atoms with E-state index in [4.69, 9.17) is 0 Å². The molecular formula is C22H20N4O. The van der Waals surface area contributed by atoms with Gasteiger partial charge >= 0.3 is 0 Å². The van der Waals surface area contributed by atoms with Gasteiger partial charge in [0, 0.05) is 10.9 Å². The van der Waals surface area contributed by atoms with E-state index >= 15 is 0 Å². The topological polar surface area (TPSA) is 59.8 Å². The average Bonchev–Trinajstić information content (AvgIpc) is 3.01. The van der Waals surface area contributed by atoms with Crippen molar-refractivity contribution in [3.05, 3.63) is 83.2 Å². The summed E-state index contributed by atoms with van der Waals surface area (Å²) in [7, 11) is 0. The lowest BCUT2D eigenvalue weighted by Gasteiger charge is -2.08. The Kier molecular flexibility index (Phi) is 4.20. The van der Waals surface area contributed by atoms with Crippen LogP contribution in [0.2, 0.25) is 0 Å². The van der Waals surface area contributed by atoms with Crippen molar-refractivity contribution in [2.24, 2.45) is 0 Å². The fourth-order valence-corrected chi connectivity index (χ4v) is 3.05. The van der Waals surface area contributed by atoms with E-state index in [0.29, 0.717) is 11.3 Å². The molecule has 1 amide bonds. The summed E-state index contributed by atoms with van der Waals surface area (Å²) in [5, 5.41) is 8.45. The van der Waals surface area contributed by atoms with Crippen LogP contribution in [0, 0.1) is 20.8 Å². The number of carbonyl (C=O) groups is 1. The van der Waals surface area contributed by atoms with E-state index in [1.165, 1.54) is 5.56 Å². The van der Waals surface area contributed by atoms with Gasteiger partial charge in [0.25, 0.3) is 5.91 Å². The van der Waals surface area contributed by atoms with E-state index in [-0.39, 0.29) is 5.91 Å². The number of fused-ring (bicyclic) bond motifs is 1. The van der Waals surface area contributed by atoms with Gasteiger partial charge in [-0.25, -0.2) is 9.67 Å². The van der Waals surface area contributed by atoms with Crippen LogP contribution in [0.25, 0.3) is 16.7 Å². The average molecular weight is 356 g/mol.